The summed E-state index contributed by atoms with van der Waals surface area (Å²) in [5, 5.41) is 3.24. The SMILES string of the molecule is CCOCCCC(Cc1ccc(Br)cc1F)NC. The lowest BCUT2D eigenvalue weighted by molar-refractivity contribution is 0.141. The molecule has 0 fully saturated rings. The molecule has 0 saturated carbocycles. The number of likely N-dealkylation sites (N-methyl/N-ethyl adjacent to an activating group) is 1. The van der Waals surface area contributed by atoms with Crippen LogP contribution >= 0.6 is 15.9 Å². The van der Waals surface area contributed by atoms with Gasteiger partial charge in [0.05, 0.1) is 0 Å². The maximum absolute atomic E-state index is 13.7. The largest absolute Gasteiger partial charge is 0.382 e. The Morgan fingerprint density at radius 2 is 2.22 bits per heavy atom. The van der Waals surface area contributed by atoms with E-state index in [9.17, 15) is 4.39 Å². The Kier molecular flexibility index (Phi) is 7.47. The monoisotopic (exact) mass is 317 g/mol. The molecule has 0 aliphatic carbocycles. The summed E-state index contributed by atoms with van der Waals surface area (Å²) in [6.45, 7) is 3.52. The lowest BCUT2D eigenvalue weighted by Crippen LogP contribution is -2.28. The lowest BCUT2D eigenvalue weighted by atomic mass is 10.0. The fraction of sp³-hybridized carbons (Fsp3) is 0.571. The van der Waals surface area contributed by atoms with E-state index in [1.165, 1.54) is 6.07 Å². The Labute approximate surface area is 117 Å². The zero-order chi connectivity index (χ0) is 13.4. The molecule has 0 aliphatic heterocycles. The topological polar surface area (TPSA) is 21.3 Å². The number of hydrogen-bond acceptors (Lipinski definition) is 2. The minimum Gasteiger partial charge on any atom is -0.382 e. The smallest absolute Gasteiger partial charge is 0.127 e. The van der Waals surface area contributed by atoms with Gasteiger partial charge < -0.3 is 10.1 Å². The van der Waals surface area contributed by atoms with Crippen molar-refractivity contribution in [1.29, 1.82) is 0 Å². The first-order valence-corrected chi connectivity index (χ1v) is 7.15. The van der Waals surface area contributed by atoms with Crippen LogP contribution in [-0.2, 0) is 11.2 Å². The molecule has 0 amide bonds. The van der Waals surface area contributed by atoms with Gasteiger partial charge in [-0.1, -0.05) is 22.0 Å². The molecule has 0 aromatic heterocycles. The second kappa shape index (κ2) is 8.62. The summed E-state index contributed by atoms with van der Waals surface area (Å²) in [4.78, 5) is 0. The summed E-state index contributed by atoms with van der Waals surface area (Å²) in [7, 11) is 1.92. The molecule has 1 N–H and O–H groups in total. The first-order valence-electron chi connectivity index (χ1n) is 6.36. The fourth-order valence-electron chi connectivity index (χ4n) is 1.88. The molecule has 4 heteroatoms. The maximum atomic E-state index is 13.7. The van der Waals surface area contributed by atoms with Gasteiger partial charge in [-0.15, -0.1) is 0 Å². The van der Waals surface area contributed by atoms with Gasteiger partial charge in [-0.2, -0.15) is 0 Å². The molecule has 0 heterocycles. The van der Waals surface area contributed by atoms with Crippen LogP contribution < -0.4 is 5.32 Å². The summed E-state index contributed by atoms with van der Waals surface area (Å²) in [6.07, 6.45) is 2.70. The minimum absolute atomic E-state index is 0.144. The Hall–Kier alpha value is -0.450. The molecule has 102 valence electrons. The normalized spacial score (nSPS) is 12.7. The predicted octanol–water partition coefficient (Wildman–Crippen LogP) is 3.54. The summed E-state index contributed by atoms with van der Waals surface area (Å²) in [6, 6.07) is 5.53. The van der Waals surface area contributed by atoms with Crippen LogP contribution in [0.25, 0.3) is 0 Å². The zero-order valence-corrected chi connectivity index (χ0v) is 12.6. The predicted molar refractivity (Wildman–Crippen MR) is 76.4 cm³/mol. The summed E-state index contributed by atoms with van der Waals surface area (Å²) in [5.74, 6) is -0.144. The van der Waals surface area contributed by atoms with Crippen molar-refractivity contribution in [2.75, 3.05) is 20.3 Å². The van der Waals surface area contributed by atoms with Crippen LogP contribution in [0.4, 0.5) is 4.39 Å². The molecule has 0 radical (unpaired) electrons. The first-order chi connectivity index (χ1) is 8.67. The van der Waals surface area contributed by atoms with Crippen LogP contribution in [0.1, 0.15) is 25.3 Å². The Morgan fingerprint density at radius 3 is 2.83 bits per heavy atom. The maximum Gasteiger partial charge on any atom is 0.127 e. The van der Waals surface area contributed by atoms with Crippen LogP contribution in [0.5, 0.6) is 0 Å². The van der Waals surface area contributed by atoms with Crippen molar-refractivity contribution in [3.63, 3.8) is 0 Å². The second-order valence-electron chi connectivity index (χ2n) is 4.26. The molecule has 0 spiro atoms. The van der Waals surface area contributed by atoms with Gasteiger partial charge in [0.2, 0.25) is 0 Å². The van der Waals surface area contributed by atoms with E-state index in [1.54, 1.807) is 0 Å². The fourth-order valence-corrected chi connectivity index (χ4v) is 2.21. The minimum atomic E-state index is -0.144. The summed E-state index contributed by atoms with van der Waals surface area (Å²) in [5.41, 5.74) is 0.758. The first kappa shape index (κ1) is 15.6. The van der Waals surface area contributed by atoms with Crippen LogP contribution in [0.2, 0.25) is 0 Å². The number of nitrogens with one attached hydrogen (secondary N) is 1. The molecule has 0 saturated heterocycles. The molecule has 1 rings (SSSR count). The van der Waals surface area contributed by atoms with Gasteiger partial charge in [0.1, 0.15) is 5.82 Å². The summed E-state index contributed by atoms with van der Waals surface area (Å²) < 4.78 is 19.8. The van der Waals surface area contributed by atoms with Gasteiger partial charge in [-0.05, 0) is 50.9 Å². The molecule has 1 aromatic carbocycles. The molecule has 1 unspecified atom stereocenters. The van der Waals surface area contributed by atoms with E-state index in [0.717, 1.165) is 36.1 Å². The third kappa shape index (κ3) is 5.46. The quantitative estimate of drug-likeness (QED) is 0.740. The standard InChI is InChI=1S/C14H21BrFNO/c1-3-18-8-4-5-13(17-2)9-11-6-7-12(15)10-14(11)16/h6-7,10,13,17H,3-5,8-9H2,1-2H3. The van der Waals surface area contributed by atoms with E-state index >= 15 is 0 Å². The van der Waals surface area contributed by atoms with Crippen molar-refractivity contribution in [3.8, 4) is 0 Å². The Morgan fingerprint density at radius 1 is 1.44 bits per heavy atom. The average molecular weight is 318 g/mol. The van der Waals surface area contributed by atoms with E-state index in [0.29, 0.717) is 12.5 Å². The zero-order valence-electron chi connectivity index (χ0n) is 11.0. The molecule has 1 atom stereocenters. The Bertz CT molecular complexity index is 360. The van der Waals surface area contributed by atoms with E-state index in [1.807, 2.05) is 26.1 Å². The van der Waals surface area contributed by atoms with Crippen LogP contribution in [0.3, 0.4) is 0 Å². The van der Waals surface area contributed by atoms with Gasteiger partial charge >= 0.3 is 0 Å². The highest BCUT2D eigenvalue weighted by molar-refractivity contribution is 9.10. The van der Waals surface area contributed by atoms with E-state index < -0.39 is 0 Å². The van der Waals surface area contributed by atoms with E-state index in [4.69, 9.17) is 4.74 Å². The van der Waals surface area contributed by atoms with Crippen LogP contribution in [0, 0.1) is 5.82 Å². The van der Waals surface area contributed by atoms with Crippen LogP contribution in [0.15, 0.2) is 22.7 Å². The number of rotatable bonds is 8. The van der Waals surface area contributed by atoms with Crippen molar-refractivity contribution in [3.05, 3.63) is 34.1 Å². The number of halogens is 2. The number of ether oxygens (including phenoxy) is 1. The lowest BCUT2D eigenvalue weighted by Gasteiger charge is -2.16. The van der Waals surface area contributed by atoms with Gasteiger partial charge in [-0.3, -0.25) is 0 Å². The van der Waals surface area contributed by atoms with Crippen molar-refractivity contribution < 1.29 is 9.13 Å². The van der Waals surface area contributed by atoms with Gasteiger partial charge in [0, 0.05) is 23.7 Å². The highest BCUT2D eigenvalue weighted by Crippen LogP contribution is 2.17. The third-order valence-electron chi connectivity index (χ3n) is 2.94. The van der Waals surface area contributed by atoms with Gasteiger partial charge in [0.15, 0.2) is 0 Å². The number of benzene rings is 1. The molecular formula is C14H21BrFNO. The Balaban J connectivity index is 2.46. The molecular weight excluding hydrogens is 297 g/mol. The average Bonchev–Trinajstić information content (AvgIpc) is 2.35. The van der Waals surface area contributed by atoms with Gasteiger partial charge in [0.25, 0.3) is 0 Å². The molecule has 18 heavy (non-hydrogen) atoms. The van der Waals surface area contributed by atoms with Crippen molar-refractivity contribution >= 4 is 15.9 Å². The molecule has 2 nitrogen and oxygen atoms in total. The molecule has 1 aromatic rings. The second-order valence-corrected chi connectivity index (χ2v) is 5.18. The van der Waals surface area contributed by atoms with Crippen molar-refractivity contribution in [1.82, 2.24) is 5.32 Å². The molecule has 0 bridgehead atoms. The highest BCUT2D eigenvalue weighted by Gasteiger charge is 2.10. The highest BCUT2D eigenvalue weighted by atomic mass is 79.9. The number of hydrogen-bond donors (Lipinski definition) is 1. The van der Waals surface area contributed by atoms with Gasteiger partial charge in [-0.25, -0.2) is 4.39 Å². The third-order valence-corrected chi connectivity index (χ3v) is 3.43. The van der Waals surface area contributed by atoms with E-state index in [2.05, 4.69) is 21.2 Å². The van der Waals surface area contributed by atoms with E-state index in [-0.39, 0.29) is 5.82 Å². The summed E-state index contributed by atoms with van der Waals surface area (Å²) >= 11 is 3.27. The molecule has 0 aliphatic rings. The van der Waals surface area contributed by atoms with Crippen molar-refractivity contribution in [2.45, 2.75) is 32.2 Å². The van der Waals surface area contributed by atoms with Crippen molar-refractivity contribution in [2.24, 2.45) is 0 Å². The van der Waals surface area contributed by atoms with Crippen LogP contribution in [-0.4, -0.2) is 26.3 Å².